The molecule has 1 saturated carbocycles. The van der Waals surface area contributed by atoms with Crippen LogP contribution in [0.5, 0.6) is 0 Å². The van der Waals surface area contributed by atoms with E-state index < -0.39 is 17.4 Å². The van der Waals surface area contributed by atoms with Crippen LogP contribution >= 0.6 is 11.6 Å². The number of nitrogens with zero attached hydrogens (tertiary/aromatic N) is 2. The van der Waals surface area contributed by atoms with Crippen molar-refractivity contribution < 1.29 is 14.7 Å². The Morgan fingerprint density at radius 3 is 2.82 bits per heavy atom. The quantitative estimate of drug-likeness (QED) is 0.820. The second kappa shape index (κ2) is 7.43. The molecule has 2 aromatic rings. The van der Waals surface area contributed by atoms with Crippen LogP contribution in [0.4, 0.5) is 4.79 Å². The van der Waals surface area contributed by atoms with Gasteiger partial charge in [-0.2, -0.15) is 0 Å². The van der Waals surface area contributed by atoms with Gasteiger partial charge in [0, 0.05) is 24.3 Å². The Morgan fingerprint density at radius 2 is 2.14 bits per heavy atom. The zero-order valence-electron chi connectivity index (χ0n) is 15.3. The zero-order valence-corrected chi connectivity index (χ0v) is 16.1. The van der Waals surface area contributed by atoms with E-state index in [9.17, 15) is 14.7 Å². The van der Waals surface area contributed by atoms with E-state index in [1.807, 2.05) is 30.3 Å². The Hall–Kier alpha value is -2.60. The Balaban J connectivity index is 1.58. The molecule has 2 heterocycles. The summed E-state index contributed by atoms with van der Waals surface area (Å²) in [6, 6.07) is 12.1. The molecule has 1 aliphatic carbocycles. The molecule has 1 aromatic heterocycles. The number of aromatic nitrogens is 1. The minimum Gasteiger partial charge on any atom is -0.481 e. The first-order valence-corrected chi connectivity index (χ1v) is 9.83. The van der Waals surface area contributed by atoms with Crippen molar-refractivity contribution in [3.05, 3.63) is 64.9 Å². The normalized spacial score (nSPS) is 24.6. The number of hydrogen-bond donors (Lipinski definition) is 2. The van der Waals surface area contributed by atoms with Crippen molar-refractivity contribution in [1.82, 2.24) is 15.2 Å². The number of rotatable bonds is 4. The summed E-state index contributed by atoms with van der Waals surface area (Å²) >= 11 is 6.15. The van der Waals surface area contributed by atoms with E-state index in [0.29, 0.717) is 23.7 Å². The lowest BCUT2D eigenvalue weighted by atomic mass is 9.81. The van der Waals surface area contributed by atoms with Crippen LogP contribution in [0, 0.1) is 11.3 Å². The van der Waals surface area contributed by atoms with Crippen molar-refractivity contribution in [2.24, 2.45) is 11.3 Å². The van der Waals surface area contributed by atoms with Crippen LogP contribution in [0.1, 0.15) is 36.6 Å². The molecule has 4 rings (SSSR count). The maximum absolute atomic E-state index is 13.0. The zero-order chi connectivity index (χ0) is 19.7. The Bertz CT molecular complexity index is 891. The lowest BCUT2D eigenvalue weighted by Gasteiger charge is -2.25. The van der Waals surface area contributed by atoms with Crippen LogP contribution in [0.3, 0.4) is 0 Å². The topological polar surface area (TPSA) is 82.5 Å². The summed E-state index contributed by atoms with van der Waals surface area (Å²) in [5, 5.41) is 13.4. The van der Waals surface area contributed by atoms with Crippen LogP contribution < -0.4 is 5.32 Å². The summed E-state index contributed by atoms with van der Waals surface area (Å²) < 4.78 is 0. The van der Waals surface area contributed by atoms with Crippen molar-refractivity contribution in [2.45, 2.75) is 25.3 Å². The van der Waals surface area contributed by atoms with Crippen molar-refractivity contribution in [1.29, 1.82) is 0 Å². The Kier molecular flexibility index (Phi) is 4.98. The van der Waals surface area contributed by atoms with Crippen molar-refractivity contribution in [3.8, 4) is 0 Å². The van der Waals surface area contributed by atoms with Crippen LogP contribution in [0.25, 0.3) is 0 Å². The van der Waals surface area contributed by atoms with E-state index in [2.05, 4.69) is 10.3 Å². The molecule has 1 aliphatic heterocycles. The molecular formula is C21H22ClN3O3. The maximum atomic E-state index is 13.0. The number of amides is 2. The van der Waals surface area contributed by atoms with E-state index in [1.54, 1.807) is 23.2 Å². The third-order valence-corrected chi connectivity index (χ3v) is 6.25. The average Bonchev–Trinajstić information content (AvgIpc) is 3.25. The Labute approximate surface area is 168 Å². The lowest BCUT2D eigenvalue weighted by Crippen LogP contribution is -2.43. The monoisotopic (exact) mass is 399 g/mol. The largest absolute Gasteiger partial charge is 0.481 e. The molecule has 2 aliphatic rings. The van der Waals surface area contributed by atoms with E-state index in [0.717, 1.165) is 18.4 Å². The summed E-state index contributed by atoms with van der Waals surface area (Å²) in [4.78, 5) is 31.0. The number of carboxylic acids is 1. The third kappa shape index (κ3) is 3.33. The third-order valence-electron chi connectivity index (χ3n) is 6.02. The van der Waals surface area contributed by atoms with E-state index in [-0.39, 0.29) is 18.5 Å². The van der Waals surface area contributed by atoms with Gasteiger partial charge in [-0.05, 0) is 48.6 Å². The number of carboxylic acid groups (broad SMARTS) is 1. The Morgan fingerprint density at radius 1 is 1.29 bits per heavy atom. The highest BCUT2D eigenvalue weighted by atomic mass is 35.5. The summed E-state index contributed by atoms with van der Waals surface area (Å²) in [6.07, 6.45) is 4.08. The van der Waals surface area contributed by atoms with Gasteiger partial charge in [0.25, 0.3) is 0 Å². The lowest BCUT2D eigenvalue weighted by molar-refractivity contribution is -0.149. The van der Waals surface area contributed by atoms with Gasteiger partial charge < -0.3 is 15.3 Å². The van der Waals surface area contributed by atoms with Gasteiger partial charge in [-0.25, -0.2) is 4.79 Å². The number of nitrogens with one attached hydrogen (secondary N) is 1. The molecule has 1 unspecified atom stereocenters. The number of benzene rings is 1. The highest BCUT2D eigenvalue weighted by molar-refractivity contribution is 6.30. The number of likely N-dealkylation sites (tertiary alicyclic amines) is 1. The van der Waals surface area contributed by atoms with Gasteiger partial charge in [-0.3, -0.25) is 9.78 Å². The number of pyridine rings is 1. The number of carbonyl (C=O) groups is 2. The van der Waals surface area contributed by atoms with Crippen molar-refractivity contribution in [3.63, 3.8) is 0 Å². The molecule has 3 atom stereocenters. The molecule has 28 heavy (non-hydrogen) atoms. The first-order valence-electron chi connectivity index (χ1n) is 9.45. The minimum atomic E-state index is -0.798. The van der Waals surface area contributed by atoms with Gasteiger partial charge >= 0.3 is 12.0 Å². The van der Waals surface area contributed by atoms with Gasteiger partial charge in [-0.15, -0.1) is 0 Å². The van der Waals surface area contributed by atoms with Crippen LogP contribution in [-0.4, -0.2) is 40.1 Å². The van der Waals surface area contributed by atoms with Gasteiger partial charge in [0.15, 0.2) is 0 Å². The molecule has 2 fully saturated rings. The molecular weight excluding hydrogens is 378 g/mol. The molecule has 146 valence electrons. The number of fused-ring (bicyclic) bond motifs is 1. The predicted molar refractivity (Wildman–Crippen MR) is 105 cm³/mol. The number of hydrogen-bond acceptors (Lipinski definition) is 3. The van der Waals surface area contributed by atoms with Crippen LogP contribution in [-0.2, 0) is 4.79 Å². The second-order valence-corrected chi connectivity index (χ2v) is 8.06. The van der Waals surface area contributed by atoms with Crippen molar-refractivity contribution in [2.75, 3.05) is 13.1 Å². The first kappa shape index (κ1) is 18.7. The van der Waals surface area contributed by atoms with E-state index >= 15 is 0 Å². The van der Waals surface area contributed by atoms with E-state index in [1.165, 1.54) is 0 Å². The van der Waals surface area contributed by atoms with Gasteiger partial charge in [-0.1, -0.05) is 36.2 Å². The molecule has 0 radical (unpaired) electrons. The molecule has 2 amide bonds. The van der Waals surface area contributed by atoms with Gasteiger partial charge in [0.2, 0.25) is 0 Å². The van der Waals surface area contributed by atoms with Gasteiger partial charge in [0.05, 0.1) is 17.2 Å². The van der Waals surface area contributed by atoms with E-state index in [4.69, 9.17) is 11.6 Å². The highest BCUT2D eigenvalue weighted by Crippen LogP contribution is 2.48. The summed E-state index contributed by atoms with van der Waals surface area (Å²) in [5.74, 6) is -0.767. The number of urea groups is 1. The van der Waals surface area contributed by atoms with Crippen LogP contribution in [0.2, 0.25) is 5.02 Å². The predicted octanol–water partition coefficient (Wildman–Crippen LogP) is 3.72. The first-order chi connectivity index (χ1) is 13.5. The molecule has 1 saturated heterocycles. The number of aliphatic carboxylic acids is 1. The highest BCUT2D eigenvalue weighted by Gasteiger charge is 2.55. The molecule has 2 N–H and O–H groups in total. The summed E-state index contributed by atoms with van der Waals surface area (Å²) in [6.45, 7) is 0.728. The molecule has 7 heteroatoms. The smallest absolute Gasteiger partial charge is 0.318 e. The van der Waals surface area contributed by atoms with Gasteiger partial charge in [0.1, 0.15) is 0 Å². The van der Waals surface area contributed by atoms with Crippen LogP contribution in [0.15, 0.2) is 48.7 Å². The summed E-state index contributed by atoms with van der Waals surface area (Å²) in [5.41, 5.74) is 0.728. The fourth-order valence-corrected chi connectivity index (χ4v) is 4.77. The average molecular weight is 400 g/mol. The second-order valence-electron chi connectivity index (χ2n) is 7.62. The number of halogens is 1. The minimum absolute atomic E-state index is 0.0234. The molecule has 1 aromatic carbocycles. The fraction of sp³-hybridized carbons (Fsp3) is 0.381. The summed E-state index contributed by atoms with van der Waals surface area (Å²) in [7, 11) is 0. The maximum Gasteiger partial charge on any atom is 0.318 e. The molecule has 6 nitrogen and oxygen atoms in total. The standard InChI is InChI=1S/C21H22ClN3O3/c22-16-7-3-5-14(11-16)18(17-8-1-2-10-23-17)24-20(28)25-12-15-6-4-9-21(15,13-25)19(26)27/h1-3,5,7-8,10-11,15,18H,4,6,9,12-13H2,(H,24,28)(H,26,27)/t15-,18?,21+/m0/s1. The SMILES string of the molecule is O=C(NC(c1cccc(Cl)c1)c1ccccn1)N1C[C@@H]2CCC[C@@]2(C(=O)O)C1. The fourth-order valence-electron chi connectivity index (χ4n) is 4.57. The van der Waals surface area contributed by atoms with Crippen molar-refractivity contribution >= 4 is 23.6 Å². The number of carbonyl (C=O) groups excluding carboxylic acids is 1. The molecule has 0 bridgehead atoms. The molecule has 0 spiro atoms.